The predicted molar refractivity (Wildman–Crippen MR) is 144 cm³/mol. The van der Waals surface area contributed by atoms with Gasteiger partial charge in [-0.05, 0) is 72.9 Å². The minimum Gasteiger partial charge on any atom is -0.497 e. The van der Waals surface area contributed by atoms with Gasteiger partial charge in [0.2, 0.25) is 15.9 Å². The van der Waals surface area contributed by atoms with Gasteiger partial charge in [0, 0.05) is 18.9 Å². The van der Waals surface area contributed by atoms with E-state index in [2.05, 4.69) is 18.0 Å². The zero-order valence-corrected chi connectivity index (χ0v) is 22.3. The van der Waals surface area contributed by atoms with E-state index in [9.17, 15) is 13.2 Å². The Morgan fingerprint density at radius 1 is 1.16 bits per heavy atom. The van der Waals surface area contributed by atoms with Crippen molar-refractivity contribution in [3.8, 4) is 5.75 Å². The molecule has 2 aromatic heterocycles. The molecule has 1 fully saturated rings. The van der Waals surface area contributed by atoms with E-state index in [0.29, 0.717) is 23.7 Å². The number of aromatic nitrogens is 2. The number of rotatable bonds is 8. The van der Waals surface area contributed by atoms with Crippen LogP contribution in [0.2, 0.25) is 0 Å². The molecule has 4 aromatic rings. The molecule has 0 saturated carbocycles. The van der Waals surface area contributed by atoms with Crippen LogP contribution in [0.3, 0.4) is 0 Å². The number of benzene rings is 2. The van der Waals surface area contributed by atoms with E-state index in [0.717, 1.165) is 22.2 Å². The summed E-state index contributed by atoms with van der Waals surface area (Å²) in [4.78, 5) is 24.8. The van der Waals surface area contributed by atoms with E-state index in [4.69, 9.17) is 9.72 Å². The summed E-state index contributed by atoms with van der Waals surface area (Å²) in [5, 5.41) is 0.547. The highest BCUT2D eigenvalue weighted by molar-refractivity contribution is 7.89. The van der Waals surface area contributed by atoms with Gasteiger partial charge in [0.15, 0.2) is 5.13 Å². The van der Waals surface area contributed by atoms with Crippen LogP contribution in [0.25, 0.3) is 10.2 Å². The zero-order valence-electron chi connectivity index (χ0n) is 20.7. The SMILES string of the molecule is CCc1ccc2nc(N(Cc3cccnc3)C(=O)C3CCCN3S(=O)(=O)c3ccc(OC)cc3)sc2c1. The van der Waals surface area contributed by atoms with Gasteiger partial charge >= 0.3 is 0 Å². The zero-order chi connectivity index (χ0) is 26.0. The fraction of sp³-hybridized carbons (Fsp3) is 0.296. The summed E-state index contributed by atoms with van der Waals surface area (Å²) < 4.78 is 34.6. The lowest BCUT2D eigenvalue weighted by Crippen LogP contribution is -2.47. The van der Waals surface area contributed by atoms with Crippen LogP contribution in [0.1, 0.15) is 30.9 Å². The summed E-state index contributed by atoms with van der Waals surface area (Å²) in [5.74, 6) is 0.283. The van der Waals surface area contributed by atoms with Crippen LogP contribution in [-0.2, 0) is 27.8 Å². The molecule has 1 aliphatic rings. The topological polar surface area (TPSA) is 92.7 Å². The van der Waals surface area contributed by atoms with E-state index in [1.807, 2.05) is 24.3 Å². The maximum absolute atomic E-state index is 14.1. The van der Waals surface area contributed by atoms with Gasteiger partial charge in [-0.1, -0.05) is 30.4 Å². The first-order valence-electron chi connectivity index (χ1n) is 12.2. The van der Waals surface area contributed by atoms with Crippen molar-refractivity contribution in [1.82, 2.24) is 14.3 Å². The van der Waals surface area contributed by atoms with Crippen LogP contribution in [0.4, 0.5) is 5.13 Å². The average molecular weight is 537 g/mol. The van der Waals surface area contributed by atoms with Gasteiger partial charge in [0.1, 0.15) is 11.8 Å². The molecule has 0 radical (unpaired) electrons. The second-order valence-electron chi connectivity index (χ2n) is 8.89. The van der Waals surface area contributed by atoms with Crippen LogP contribution in [0.5, 0.6) is 5.75 Å². The molecule has 1 aliphatic heterocycles. The number of anilines is 1. The van der Waals surface area contributed by atoms with Crippen LogP contribution in [0, 0.1) is 0 Å². The van der Waals surface area contributed by atoms with Gasteiger partial charge in [-0.3, -0.25) is 14.7 Å². The monoisotopic (exact) mass is 536 g/mol. The molecule has 5 rings (SSSR count). The number of nitrogens with zero attached hydrogens (tertiary/aromatic N) is 4. The number of fused-ring (bicyclic) bond motifs is 1. The lowest BCUT2D eigenvalue weighted by Gasteiger charge is -2.28. The summed E-state index contributed by atoms with van der Waals surface area (Å²) in [6.45, 7) is 2.63. The number of aryl methyl sites for hydroxylation is 1. The Balaban J connectivity index is 1.50. The summed E-state index contributed by atoms with van der Waals surface area (Å²) in [6, 6.07) is 15.3. The molecule has 0 bridgehead atoms. The fourth-order valence-electron chi connectivity index (χ4n) is 4.54. The number of carbonyl (C=O) groups is 1. The number of carbonyl (C=O) groups excluding carboxylic acids is 1. The molecule has 3 heterocycles. The van der Waals surface area contributed by atoms with Crippen molar-refractivity contribution in [2.45, 2.75) is 43.7 Å². The van der Waals surface area contributed by atoms with Crippen LogP contribution in [0.15, 0.2) is 71.9 Å². The molecule has 1 unspecified atom stereocenters. The van der Waals surface area contributed by atoms with Gasteiger partial charge in [-0.25, -0.2) is 13.4 Å². The second-order valence-corrected chi connectivity index (χ2v) is 11.8. The van der Waals surface area contributed by atoms with E-state index in [1.54, 1.807) is 29.4 Å². The Bertz CT molecular complexity index is 1500. The highest BCUT2D eigenvalue weighted by Crippen LogP contribution is 2.34. The first-order chi connectivity index (χ1) is 17.9. The maximum Gasteiger partial charge on any atom is 0.247 e. The quantitative estimate of drug-likeness (QED) is 0.326. The molecular formula is C27H28N4O4S2. The third-order valence-corrected chi connectivity index (χ3v) is 9.53. The lowest BCUT2D eigenvalue weighted by molar-refractivity contribution is -0.121. The number of methoxy groups -OCH3 is 1. The van der Waals surface area contributed by atoms with Crippen molar-refractivity contribution in [1.29, 1.82) is 0 Å². The van der Waals surface area contributed by atoms with Crippen LogP contribution >= 0.6 is 11.3 Å². The Morgan fingerprint density at radius 3 is 2.68 bits per heavy atom. The Kier molecular flexibility index (Phi) is 7.23. The molecule has 2 aromatic carbocycles. The number of pyridine rings is 1. The Hall–Kier alpha value is -3.34. The summed E-state index contributed by atoms with van der Waals surface area (Å²) in [6.07, 6.45) is 5.35. The minimum absolute atomic E-state index is 0.138. The number of thiazole rings is 1. The van der Waals surface area contributed by atoms with Crippen molar-refractivity contribution in [2.24, 2.45) is 0 Å². The fourth-order valence-corrected chi connectivity index (χ4v) is 7.23. The lowest BCUT2D eigenvalue weighted by atomic mass is 10.2. The smallest absolute Gasteiger partial charge is 0.247 e. The van der Waals surface area contributed by atoms with E-state index in [-0.39, 0.29) is 23.9 Å². The number of hydrogen-bond donors (Lipinski definition) is 0. The van der Waals surface area contributed by atoms with E-state index in [1.165, 1.54) is 40.4 Å². The molecule has 1 saturated heterocycles. The Morgan fingerprint density at radius 2 is 1.97 bits per heavy atom. The molecule has 8 nitrogen and oxygen atoms in total. The van der Waals surface area contributed by atoms with E-state index >= 15 is 0 Å². The van der Waals surface area contributed by atoms with Crippen molar-refractivity contribution >= 4 is 42.6 Å². The second kappa shape index (κ2) is 10.6. The molecule has 0 spiro atoms. The van der Waals surface area contributed by atoms with Crippen LogP contribution < -0.4 is 9.64 Å². The molecule has 0 N–H and O–H groups in total. The molecule has 192 valence electrons. The number of hydrogen-bond acceptors (Lipinski definition) is 7. The number of amides is 1. The van der Waals surface area contributed by atoms with Crippen LogP contribution in [-0.4, -0.2) is 48.3 Å². The maximum atomic E-state index is 14.1. The van der Waals surface area contributed by atoms with Gasteiger partial charge in [-0.15, -0.1) is 0 Å². The minimum atomic E-state index is -3.88. The average Bonchev–Trinajstić information content (AvgIpc) is 3.59. The first-order valence-corrected chi connectivity index (χ1v) is 14.4. The number of sulfonamides is 1. The predicted octanol–water partition coefficient (Wildman–Crippen LogP) is 4.65. The largest absolute Gasteiger partial charge is 0.497 e. The first kappa shape index (κ1) is 25.3. The molecule has 37 heavy (non-hydrogen) atoms. The molecule has 0 aliphatic carbocycles. The van der Waals surface area contributed by atoms with Crippen molar-refractivity contribution in [2.75, 3.05) is 18.6 Å². The van der Waals surface area contributed by atoms with Crippen molar-refractivity contribution in [3.63, 3.8) is 0 Å². The normalized spacial score (nSPS) is 16.2. The molecule has 1 atom stereocenters. The third kappa shape index (κ3) is 5.09. The third-order valence-electron chi connectivity index (χ3n) is 6.56. The van der Waals surface area contributed by atoms with Gasteiger partial charge in [0.05, 0.1) is 28.8 Å². The van der Waals surface area contributed by atoms with Gasteiger partial charge in [-0.2, -0.15) is 4.31 Å². The summed E-state index contributed by atoms with van der Waals surface area (Å²) in [7, 11) is -2.35. The summed E-state index contributed by atoms with van der Waals surface area (Å²) >= 11 is 1.44. The molecular weight excluding hydrogens is 508 g/mol. The highest BCUT2D eigenvalue weighted by atomic mass is 32.2. The van der Waals surface area contributed by atoms with Crippen molar-refractivity contribution < 1.29 is 17.9 Å². The Labute approximate surface area is 220 Å². The molecule has 10 heteroatoms. The standard InChI is InChI=1S/C27H28N4O4S2/c1-3-19-8-13-23-25(16-19)36-27(29-23)30(18-20-6-4-14-28-17-20)26(32)24-7-5-15-31(24)37(33,34)22-11-9-21(35-2)10-12-22/h4,6,8-14,16-17,24H,3,5,7,15,18H2,1-2H3. The van der Waals surface area contributed by atoms with Gasteiger partial charge < -0.3 is 4.74 Å². The number of ether oxygens (including phenoxy) is 1. The highest BCUT2D eigenvalue weighted by Gasteiger charge is 2.42. The summed E-state index contributed by atoms with van der Waals surface area (Å²) in [5.41, 5.74) is 2.85. The van der Waals surface area contributed by atoms with E-state index < -0.39 is 16.1 Å². The van der Waals surface area contributed by atoms with Crippen molar-refractivity contribution in [3.05, 3.63) is 78.1 Å². The van der Waals surface area contributed by atoms with Gasteiger partial charge in [0.25, 0.3) is 0 Å². The molecule has 1 amide bonds.